The fourth-order valence-electron chi connectivity index (χ4n) is 3.67. The minimum absolute atomic E-state index is 0.183. The van der Waals surface area contributed by atoms with E-state index in [0.29, 0.717) is 13.0 Å². The van der Waals surface area contributed by atoms with Gasteiger partial charge in [-0.3, -0.25) is 9.69 Å². The summed E-state index contributed by atoms with van der Waals surface area (Å²) in [6, 6.07) is 14.6. The van der Waals surface area contributed by atoms with Crippen molar-refractivity contribution >= 4 is 17.7 Å². The van der Waals surface area contributed by atoms with Crippen LogP contribution in [-0.4, -0.2) is 42.1 Å². The number of anilines is 1. The lowest BCUT2D eigenvalue weighted by atomic mass is 10.0. The molecule has 31 heavy (non-hydrogen) atoms. The van der Waals surface area contributed by atoms with Crippen LogP contribution >= 0.6 is 0 Å². The van der Waals surface area contributed by atoms with Crippen molar-refractivity contribution < 1.29 is 23.1 Å². The monoisotopic (exact) mass is 431 g/mol. The van der Waals surface area contributed by atoms with Gasteiger partial charge in [0.15, 0.2) is 0 Å². The lowest BCUT2D eigenvalue weighted by Crippen LogP contribution is -2.55. The first-order valence-electron chi connectivity index (χ1n) is 10.2. The van der Waals surface area contributed by atoms with E-state index in [9.17, 15) is 18.4 Å². The average molecular weight is 431 g/mol. The van der Waals surface area contributed by atoms with Gasteiger partial charge in [0.2, 0.25) is 0 Å². The summed E-state index contributed by atoms with van der Waals surface area (Å²) in [6.07, 6.45) is 0.0812. The normalized spacial score (nSPS) is 19.5. The molecule has 2 aromatic rings. The molecule has 1 saturated heterocycles. The second-order valence-electron chi connectivity index (χ2n) is 7.83. The molecule has 1 aliphatic rings. The summed E-state index contributed by atoms with van der Waals surface area (Å²) < 4.78 is 32.5. The number of urea groups is 1. The SMILES string of the molecule is CC(=O)O[C@H]1CN(Cc2ccccc2)CC[C@@H]1NC(=O)Nc1cccc(C(C)(F)F)c1. The number of rotatable bonds is 6. The van der Waals surface area contributed by atoms with Gasteiger partial charge in [-0.2, -0.15) is 0 Å². The summed E-state index contributed by atoms with van der Waals surface area (Å²) in [7, 11) is 0. The minimum Gasteiger partial charge on any atom is -0.459 e. The van der Waals surface area contributed by atoms with Gasteiger partial charge < -0.3 is 15.4 Å². The number of carbonyl (C=O) groups is 2. The highest BCUT2D eigenvalue weighted by molar-refractivity contribution is 5.89. The standard InChI is InChI=1S/C23H27F2N3O3/c1-16(29)31-21-15-28(14-17-7-4-3-5-8-17)12-11-20(21)27-22(30)26-19-10-6-9-18(13-19)23(2,24)25/h3-10,13,20-21H,11-12,14-15H2,1-2H3,(H2,26,27,30)/t20-,21-/m0/s1. The number of piperidine rings is 1. The number of likely N-dealkylation sites (tertiary alicyclic amines) is 1. The van der Waals surface area contributed by atoms with Gasteiger partial charge in [-0.25, -0.2) is 13.6 Å². The lowest BCUT2D eigenvalue weighted by molar-refractivity contribution is -0.150. The summed E-state index contributed by atoms with van der Waals surface area (Å²) in [5.41, 5.74) is 1.24. The quantitative estimate of drug-likeness (QED) is 0.675. The Morgan fingerprint density at radius 1 is 1.16 bits per heavy atom. The molecule has 1 fully saturated rings. The summed E-state index contributed by atoms with van der Waals surface area (Å²) in [4.78, 5) is 26.2. The van der Waals surface area contributed by atoms with Crippen molar-refractivity contribution in [2.24, 2.45) is 0 Å². The van der Waals surface area contributed by atoms with E-state index in [1.807, 2.05) is 30.3 Å². The smallest absolute Gasteiger partial charge is 0.319 e. The number of hydrogen-bond donors (Lipinski definition) is 2. The van der Waals surface area contributed by atoms with Gasteiger partial charge in [-0.15, -0.1) is 0 Å². The summed E-state index contributed by atoms with van der Waals surface area (Å²) in [6.45, 7) is 4.06. The van der Waals surface area contributed by atoms with Crippen LogP contribution in [0.15, 0.2) is 54.6 Å². The van der Waals surface area contributed by atoms with Crippen molar-refractivity contribution in [3.63, 3.8) is 0 Å². The first-order chi connectivity index (χ1) is 14.7. The largest absolute Gasteiger partial charge is 0.459 e. The molecule has 166 valence electrons. The Balaban J connectivity index is 1.61. The first kappa shape index (κ1) is 22.7. The van der Waals surface area contributed by atoms with Crippen molar-refractivity contribution in [2.75, 3.05) is 18.4 Å². The predicted molar refractivity (Wildman–Crippen MR) is 114 cm³/mol. The molecule has 2 N–H and O–H groups in total. The molecule has 2 atom stereocenters. The van der Waals surface area contributed by atoms with Crippen LogP contribution < -0.4 is 10.6 Å². The van der Waals surface area contributed by atoms with Crippen LogP contribution in [0.1, 0.15) is 31.4 Å². The number of nitrogens with zero attached hydrogens (tertiary/aromatic N) is 1. The number of benzene rings is 2. The van der Waals surface area contributed by atoms with Crippen LogP contribution in [-0.2, 0) is 22.0 Å². The van der Waals surface area contributed by atoms with E-state index < -0.39 is 24.0 Å². The third kappa shape index (κ3) is 6.75. The topological polar surface area (TPSA) is 70.7 Å². The van der Waals surface area contributed by atoms with Gasteiger partial charge in [0.1, 0.15) is 6.10 Å². The maximum absolute atomic E-state index is 13.5. The molecular weight excluding hydrogens is 404 g/mol. The molecule has 0 aromatic heterocycles. The van der Waals surface area contributed by atoms with Crippen LogP contribution in [0.3, 0.4) is 0 Å². The first-order valence-corrected chi connectivity index (χ1v) is 10.2. The third-order valence-electron chi connectivity index (χ3n) is 5.15. The second-order valence-corrected chi connectivity index (χ2v) is 7.83. The van der Waals surface area contributed by atoms with Crippen molar-refractivity contribution in [2.45, 2.75) is 44.9 Å². The number of nitrogens with one attached hydrogen (secondary N) is 2. The summed E-state index contributed by atoms with van der Waals surface area (Å²) in [5.74, 6) is -3.42. The third-order valence-corrected chi connectivity index (χ3v) is 5.15. The van der Waals surface area contributed by atoms with Crippen molar-refractivity contribution in [3.05, 3.63) is 65.7 Å². The van der Waals surface area contributed by atoms with E-state index in [2.05, 4.69) is 15.5 Å². The van der Waals surface area contributed by atoms with Gasteiger partial charge in [-0.1, -0.05) is 42.5 Å². The van der Waals surface area contributed by atoms with Gasteiger partial charge >= 0.3 is 12.0 Å². The highest BCUT2D eigenvalue weighted by atomic mass is 19.3. The van der Waals surface area contributed by atoms with Crippen LogP contribution in [0.2, 0.25) is 0 Å². The Morgan fingerprint density at radius 3 is 2.58 bits per heavy atom. The molecule has 3 rings (SSSR count). The van der Waals surface area contributed by atoms with E-state index in [-0.39, 0.29) is 17.3 Å². The average Bonchev–Trinajstić information content (AvgIpc) is 2.70. The molecule has 0 spiro atoms. The molecule has 0 saturated carbocycles. The molecule has 8 heteroatoms. The number of esters is 1. The predicted octanol–water partition coefficient (Wildman–Crippen LogP) is 4.13. The Hall–Kier alpha value is -3.00. The molecule has 2 aromatic carbocycles. The molecule has 0 radical (unpaired) electrons. The van der Waals surface area contributed by atoms with Crippen LogP contribution in [0.25, 0.3) is 0 Å². The van der Waals surface area contributed by atoms with E-state index >= 15 is 0 Å². The van der Waals surface area contributed by atoms with Crippen LogP contribution in [0.4, 0.5) is 19.3 Å². The molecule has 1 heterocycles. The fourth-order valence-corrected chi connectivity index (χ4v) is 3.67. The van der Waals surface area contributed by atoms with Gasteiger partial charge in [0, 0.05) is 44.7 Å². The zero-order valence-electron chi connectivity index (χ0n) is 17.6. The van der Waals surface area contributed by atoms with E-state index in [1.54, 1.807) is 6.07 Å². The van der Waals surface area contributed by atoms with E-state index in [1.165, 1.54) is 25.1 Å². The van der Waals surface area contributed by atoms with Gasteiger partial charge in [0.25, 0.3) is 5.92 Å². The number of hydrogen-bond acceptors (Lipinski definition) is 4. The highest BCUT2D eigenvalue weighted by Crippen LogP contribution is 2.28. The molecule has 6 nitrogen and oxygen atoms in total. The Bertz CT molecular complexity index is 902. The molecule has 0 unspecified atom stereocenters. The molecular formula is C23H27F2N3O3. The summed E-state index contributed by atoms with van der Waals surface area (Å²) >= 11 is 0. The highest BCUT2D eigenvalue weighted by Gasteiger charge is 2.33. The van der Waals surface area contributed by atoms with Crippen LogP contribution in [0.5, 0.6) is 0 Å². The molecule has 0 bridgehead atoms. The van der Waals surface area contributed by atoms with Crippen molar-refractivity contribution in [3.8, 4) is 0 Å². The van der Waals surface area contributed by atoms with E-state index in [4.69, 9.17) is 4.74 Å². The maximum Gasteiger partial charge on any atom is 0.319 e. The van der Waals surface area contributed by atoms with Crippen LogP contribution in [0, 0.1) is 0 Å². The molecule has 1 aliphatic heterocycles. The minimum atomic E-state index is -3.00. The van der Waals surface area contributed by atoms with Gasteiger partial charge in [0.05, 0.1) is 6.04 Å². The van der Waals surface area contributed by atoms with Gasteiger partial charge in [-0.05, 0) is 24.1 Å². The number of halogens is 2. The van der Waals surface area contributed by atoms with E-state index in [0.717, 1.165) is 25.6 Å². The maximum atomic E-state index is 13.5. The Kier molecular flexibility index (Phi) is 7.22. The zero-order chi connectivity index (χ0) is 22.4. The Morgan fingerprint density at radius 2 is 1.90 bits per heavy atom. The fraction of sp³-hybridized carbons (Fsp3) is 0.391. The molecule has 0 aliphatic carbocycles. The number of amides is 2. The zero-order valence-corrected chi connectivity index (χ0v) is 17.6. The molecule has 2 amide bonds. The summed E-state index contributed by atoms with van der Waals surface area (Å²) in [5, 5.41) is 5.41. The van der Waals surface area contributed by atoms with Crippen molar-refractivity contribution in [1.82, 2.24) is 10.2 Å². The number of alkyl halides is 2. The number of carbonyl (C=O) groups excluding carboxylic acids is 2. The number of ether oxygens (including phenoxy) is 1. The van der Waals surface area contributed by atoms with Crippen molar-refractivity contribution in [1.29, 1.82) is 0 Å². The lowest BCUT2D eigenvalue weighted by Gasteiger charge is -2.38. The Labute approximate surface area is 180 Å². The second kappa shape index (κ2) is 9.87.